The number of rotatable bonds is 1. The van der Waals surface area contributed by atoms with E-state index in [0.29, 0.717) is 0 Å². The summed E-state index contributed by atoms with van der Waals surface area (Å²) in [6.45, 7) is 6.81. The maximum atomic E-state index is 2.30. The molecule has 0 heteroatoms. The van der Waals surface area contributed by atoms with Crippen LogP contribution in [-0.2, 0) is 5.41 Å². The highest BCUT2D eigenvalue weighted by Crippen LogP contribution is 2.31. The van der Waals surface area contributed by atoms with Crippen LogP contribution in [0.1, 0.15) is 38.3 Å². The molecule has 1 aromatic carbocycles. The Labute approximate surface area is 104 Å². The molecule has 0 N–H and O–H groups in total. The molecule has 0 radical (unpaired) electrons. The Hall–Kier alpha value is -1.56. The molecule has 88 valence electrons. The molecule has 0 saturated carbocycles. The molecule has 0 nitrogen and oxygen atoms in total. The Morgan fingerprint density at radius 1 is 1.00 bits per heavy atom. The van der Waals surface area contributed by atoms with Crippen molar-refractivity contribution in [1.82, 2.24) is 0 Å². The predicted molar refractivity (Wildman–Crippen MR) is 76.0 cm³/mol. The number of hydrogen-bond donors (Lipinski definition) is 0. The molecule has 0 heterocycles. The third kappa shape index (κ3) is 2.76. The SMILES string of the molecule is CC(C)(C)c1ccccc1C1=CCC=CC=C1. The Kier molecular flexibility index (Phi) is 3.33. The van der Waals surface area contributed by atoms with E-state index < -0.39 is 0 Å². The fraction of sp³-hybridized carbons (Fsp3) is 0.294. The largest absolute Gasteiger partial charge is 0.0807 e. The van der Waals surface area contributed by atoms with E-state index in [9.17, 15) is 0 Å². The lowest BCUT2D eigenvalue weighted by molar-refractivity contribution is 0.588. The predicted octanol–water partition coefficient (Wildman–Crippen LogP) is 4.88. The second kappa shape index (κ2) is 4.75. The van der Waals surface area contributed by atoms with Gasteiger partial charge in [0.1, 0.15) is 0 Å². The van der Waals surface area contributed by atoms with Gasteiger partial charge in [0.15, 0.2) is 0 Å². The van der Waals surface area contributed by atoms with E-state index in [1.54, 1.807) is 0 Å². The van der Waals surface area contributed by atoms with Crippen molar-refractivity contribution in [2.24, 2.45) is 0 Å². The highest BCUT2D eigenvalue weighted by atomic mass is 14.2. The summed E-state index contributed by atoms with van der Waals surface area (Å²) >= 11 is 0. The first kappa shape index (κ1) is 11.9. The maximum Gasteiger partial charge on any atom is -0.0126 e. The molecule has 0 aliphatic heterocycles. The molecular weight excluding hydrogens is 204 g/mol. The van der Waals surface area contributed by atoms with Crippen LogP contribution in [-0.4, -0.2) is 0 Å². The van der Waals surface area contributed by atoms with Crippen molar-refractivity contribution >= 4 is 5.57 Å². The molecule has 0 aromatic heterocycles. The Morgan fingerprint density at radius 2 is 1.76 bits per heavy atom. The fourth-order valence-electron chi connectivity index (χ4n) is 2.17. The molecule has 0 fully saturated rings. The average molecular weight is 224 g/mol. The lowest BCUT2D eigenvalue weighted by atomic mass is 9.81. The van der Waals surface area contributed by atoms with Crippen molar-refractivity contribution in [1.29, 1.82) is 0 Å². The molecule has 0 bridgehead atoms. The summed E-state index contributed by atoms with van der Waals surface area (Å²) in [5, 5.41) is 0. The van der Waals surface area contributed by atoms with Gasteiger partial charge in [0.25, 0.3) is 0 Å². The van der Waals surface area contributed by atoms with Gasteiger partial charge in [-0.1, -0.05) is 75.4 Å². The zero-order chi connectivity index (χ0) is 12.3. The molecule has 1 aliphatic rings. The average Bonchev–Trinajstić information content (AvgIpc) is 2.56. The van der Waals surface area contributed by atoms with Crippen molar-refractivity contribution in [3.05, 3.63) is 65.8 Å². The van der Waals surface area contributed by atoms with E-state index in [1.807, 2.05) is 0 Å². The van der Waals surface area contributed by atoms with E-state index in [4.69, 9.17) is 0 Å². The smallest absolute Gasteiger partial charge is 0.0126 e. The van der Waals surface area contributed by atoms with E-state index in [1.165, 1.54) is 16.7 Å². The minimum atomic E-state index is 0.186. The summed E-state index contributed by atoms with van der Waals surface area (Å²) < 4.78 is 0. The number of allylic oxidation sites excluding steroid dienone is 6. The minimum absolute atomic E-state index is 0.186. The second-order valence-corrected chi connectivity index (χ2v) is 5.48. The topological polar surface area (TPSA) is 0 Å². The van der Waals surface area contributed by atoms with Crippen LogP contribution >= 0.6 is 0 Å². The molecule has 17 heavy (non-hydrogen) atoms. The molecule has 0 unspecified atom stereocenters. The van der Waals surface area contributed by atoms with Crippen LogP contribution in [0.3, 0.4) is 0 Å². The van der Waals surface area contributed by atoms with Crippen LogP contribution in [0.4, 0.5) is 0 Å². The second-order valence-electron chi connectivity index (χ2n) is 5.48. The molecular formula is C17H20. The number of hydrogen-bond acceptors (Lipinski definition) is 0. The van der Waals surface area contributed by atoms with Gasteiger partial charge >= 0.3 is 0 Å². The zero-order valence-corrected chi connectivity index (χ0v) is 10.9. The summed E-state index contributed by atoms with van der Waals surface area (Å²) in [5.74, 6) is 0. The Morgan fingerprint density at radius 3 is 2.53 bits per heavy atom. The van der Waals surface area contributed by atoms with Gasteiger partial charge in [-0.2, -0.15) is 0 Å². The molecule has 1 aliphatic carbocycles. The van der Waals surface area contributed by atoms with Crippen molar-refractivity contribution < 1.29 is 0 Å². The summed E-state index contributed by atoms with van der Waals surface area (Å²) in [5.41, 5.74) is 4.30. The van der Waals surface area contributed by atoms with Gasteiger partial charge in [-0.25, -0.2) is 0 Å². The van der Waals surface area contributed by atoms with Crippen molar-refractivity contribution in [3.8, 4) is 0 Å². The van der Waals surface area contributed by atoms with Crippen molar-refractivity contribution in [3.63, 3.8) is 0 Å². The van der Waals surface area contributed by atoms with Gasteiger partial charge in [-0.15, -0.1) is 0 Å². The van der Waals surface area contributed by atoms with Crippen molar-refractivity contribution in [2.45, 2.75) is 32.6 Å². The summed E-state index contributed by atoms with van der Waals surface area (Å²) in [7, 11) is 0. The van der Waals surface area contributed by atoms with E-state index in [0.717, 1.165) is 6.42 Å². The number of benzene rings is 1. The van der Waals surface area contributed by atoms with Crippen LogP contribution in [0.5, 0.6) is 0 Å². The van der Waals surface area contributed by atoms with Crippen LogP contribution in [0.25, 0.3) is 5.57 Å². The van der Waals surface area contributed by atoms with Crippen LogP contribution in [0, 0.1) is 0 Å². The normalized spacial score (nSPS) is 15.6. The fourth-order valence-corrected chi connectivity index (χ4v) is 2.17. The summed E-state index contributed by atoms with van der Waals surface area (Å²) in [4.78, 5) is 0. The first-order valence-corrected chi connectivity index (χ1v) is 6.22. The van der Waals surface area contributed by atoms with E-state index >= 15 is 0 Å². The van der Waals surface area contributed by atoms with Gasteiger partial charge in [-0.05, 0) is 28.5 Å². The van der Waals surface area contributed by atoms with Crippen LogP contribution in [0.2, 0.25) is 0 Å². The highest BCUT2D eigenvalue weighted by Gasteiger charge is 2.18. The maximum absolute atomic E-state index is 2.30. The first-order chi connectivity index (χ1) is 8.09. The molecule has 0 spiro atoms. The van der Waals surface area contributed by atoms with Crippen molar-refractivity contribution in [2.75, 3.05) is 0 Å². The molecule has 2 rings (SSSR count). The minimum Gasteiger partial charge on any atom is -0.0807 e. The summed E-state index contributed by atoms with van der Waals surface area (Å²) in [6, 6.07) is 8.71. The molecule has 0 saturated heterocycles. The molecule has 0 atom stereocenters. The molecule has 1 aromatic rings. The van der Waals surface area contributed by atoms with Gasteiger partial charge in [0, 0.05) is 0 Å². The zero-order valence-electron chi connectivity index (χ0n) is 10.9. The summed E-state index contributed by atoms with van der Waals surface area (Å²) in [6.07, 6.45) is 11.9. The quantitative estimate of drug-likeness (QED) is 0.637. The van der Waals surface area contributed by atoms with Gasteiger partial charge in [0.05, 0.1) is 0 Å². The van der Waals surface area contributed by atoms with E-state index in [2.05, 4.69) is 75.4 Å². The third-order valence-corrected chi connectivity index (χ3v) is 3.04. The van der Waals surface area contributed by atoms with Gasteiger partial charge in [0.2, 0.25) is 0 Å². The Bertz CT molecular complexity index is 479. The van der Waals surface area contributed by atoms with Crippen LogP contribution in [0.15, 0.2) is 54.6 Å². The highest BCUT2D eigenvalue weighted by molar-refractivity contribution is 5.77. The van der Waals surface area contributed by atoms with Crippen LogP contribution < -0.4 is 0 Å². The van der Waals surface area contributed by atoms with Gasteiger partial charge in [-0.3, -0.25) is 0 Å². The molecule has 0 amide bonds. The lowest BCUT2D eigenvalue weighted by Crippen LogP contribution is -2.13. The van der Waals surface area contributed by atoms with Gasteiger partial charge < -0.3 is 0 Å². The third-order valence-electron chi connectivity index (χ3n) is 3.04. The monoisotopic (exact) mass is 224 g/mol. The Balaban J connectivity index is 2.49. The first-order valence-electron chi connectivity index (χ1n) is 6.22. The van der Waals surface area contributed by atoms with E-state index in [-0.39, 0.29) is 5.41 Å². The standard InChI is InChI=1S/C17H20/c1-17(2,3)16-13-9-8-12-15(16)14-10-6-4-5-7-11-14/h4-6,8-13H,7H2,1-3H3. The lowest BCUT2D eigenvalue weighted by Gasteiger charge is -2.23.